The van der Waals surface area contributed by atoms with E-state index < -0.39 is 0 Å². The number of amidine groups is 1. The highest BCUT2D eigenvalue weighted by atomic mass is 16.3. The standard InChI is InChI=1S/C11H14N2O/c1-2-13-8-7-12-11(13)9-5-3-4-6-10(9)14/h3-6,14H,2,7-8H2,1H3. The lowest BCUT2D eigenvalue weighted by molar-refractivity contribution is 0.462. The van der Waals surface area contributed by atoms with Gasteiger partial charge in [-0.2, -0.15) is 0 Å². The lowest BCUT2D eigenvalue weighted by atomic mass is 10.1. The van der Waals surface area contributed by atoms with Crippen LogP contribution in [-0.2, 0) is 0 Å². The Labute approximate surface area is 83.7 Å². The molecule has 3 nitrogen and oxygen atoms in total. The van der Waals surface area contributed by atoms with E-state index in [-0.39, 0.29) is 0 Å². The lowest BCUT2D eigenvalue weighted by Gasteiger charge is -2.18. The summed E-state index contributed by atoms with van der Waals surface area (Å²) in [5.74, 6) is 1.23. The third-order valence-corrected chi connectivity index (χ3v) is 2.46. The number of benzene rings is 1. The summed E-state index contributed by atoms with van der Waals surface area (Å²) in [6.07, 6.45) is 0. The first kappa shape index (κ1) is 9.06. The summed E-state index contributed by atoms with van der Waals surface area (Å²) in [6.45, 7) is 4.83. The number of aliphatic imine (C=N–C) groups is 1. The van der Waals surface area contributed by atoms with E-state index in [0.717, 1.165) is 31.0 Å². The highest BCUT2D eigenvalue weighted by Crippen LogP contribution is 2.20. The van der Waals surface area contributed by atoms with Crippen LogP contribution in [0.2, 0.25) is 0 Å². The van der Waals surface area contributed by atoms with Gasteiger partial charge >= 0.3 is 0 Å². The van der Waals surface area contributed by atoms with Gasteiger partial charge in [0.1, 0.15) is 11.6 Å². The number of hydrogen-bond donors (Lipinski definition) is 1. The molecule has 1 aromatic carbocycles. The summed E-state index contributed by atoms with van der Waals surface area (Å²) in [6, 6.07) is 7.35. The first-order valence-electron chi connectivity index (χ1n) is 4.90. The molecule has 0 saturated carbocycles. The molecular formula is C11H14N2O. The van der Waals surface area contributed by atoms with Crippen LogP contribution in [0.25, 0.3) is 0 Å². The maximum atomic E-state index is 9.68. The normalized spacial score (nSPS) is 15.8. The largest absolute Gasteiger partial charge is 0.507 e. The van der Waals surface area contributed by atoms with Gasteiger partial charge in [0.2, 0.25) is 0 Å². The van der Waals surface area contributed by atoms with Gasteiger partial charge in [0, 0.05) is 13.1 Å². The SMILES string of the molecule is CCN1CCN=C1c1ccccc1O. The number of phenols is 1. The number of hydrogen-bond acceptors (Lipinski definition) is 3. The Morgan fingerprint density at radius 2 is 2.21 bits per heavy atom. The predicted molar refractivity (Wildman–Crippen MR) is 56.8 cm³/mol. The van der Waals surface area contributed by atoms with Gasteiger partial charge in [-0.15, -0.1) is 0 Å². The van der Waals surface area contributed by atoms with Crippen molar-refractivity contribution in [2.45, 2.75) is 6.92 Å². The second-order valence-corrected chi connectivity index (χ2v) is 3.30. The molecular weight excluding hydrogens is 176 g/mol. The van der Waals surface area contributed by atoms with Crippen LogP contribution in [-0.4, -0.2) is 35.5 Å². The van der Waals surface area contributed by atoms with E-state index in [1.807, 2.05) is 18.2 Å². The second-order valence-electron chi connectivity index (χ2n) is 3.30. The minimum Gasteiger partial charge on any atom is -0.507 e. The second kappa shape index (κ2) is 3.70. The molecule has 0 spiro atoms. The molecule has 0 radical (unpaired) electrons. The van der Waals surface area contributed by atoms with Gasteiger partial charge in [0.05, 0.1) is 12.1 Å². The maximum absolute atomic E-state index is 9.68. The van der Waals surface area contributed by atoms with Crippen molar-refractivity contribution in [1.29, 1.82) is 0 Å². The van der Waals surface area contributed by atoms with Crippen LogP contribution in [0.4, 0.5) is 0 Å². The van der Waals surface area contributed by atoms with Gasteiger partial charge in [-0.25, -0.2) is 0 Å². The fraction of sp³-hybridized carbons (Fsp3) is 0.364. The molecule has 0 unspecified atom stereocenters. The van der Waals surface area contributed by atoms with Crippen LogP contribution in [0.5, 0.6) is 5.75 Å². The van der Waals surface area contributed by atoms with Crippen molar-refractivity contribution in [2.24, 2.45) is 4.99 Å². The van der Waals surface area contributed by atoms with E-state index in [0.29, 0.717) is 5.75 Å². The zero-order valence-corrected chi connectivity index (χ0v) is 8.27. The zero-order valence-electron chi connectivity index (χ0n) is 8.27. The van der Waals surface area contributed by atoms with Crippen LogP contribution in [0.3, 0.4) is 0 Å². The first-order chi connectivity index (χ1) is 6.83. The maximum Gasteiger partial charge on any atom is 0.134 e. The Kier molecular flexibility index (Phi) is 2.39. The summed E-state index contributed by atoms with van der Waals surface area (Å²) in [4.78, 5) is 6.58. The van der Waals surface area contributed by atoms with Gasteiger partial charge in [0.15, 0.2) is 0 Å². The Hall–Kier alpha value is -1.51. The molecule has 3 heteroatoms. The quantitative estimate of drug-likeness (QED) is 0.766. The third kappa shape index (κ3) is 1.45. The van der Waals surface area contributed by atoms with Crippen molar-refractivity contribution in [3.05, 3.63) is 29.8 Å². The molecule has 2 rings (SSSR count). The van der Waals surface area contributed by atoms with E-state index in [1.165, 1.54) is 0 Å². The molecule has 1 aliphatic rings. The number of rotatable bonds is 2. The Morgan fingerprint density at radius 3 is 2.93 bits per heavy atom. The molecule has 0 bridgehead atoms. The number of aromatic hydroxyl groups is 1. The van der Waals surface area contributed by atoms with Gasteiger partial charge in [0.25, 0.3) is 0 Å². The van der Waals surface area contributed by atoms with Crippen LogP contribution < -0.4 is 0 Å². The average molecular weight is 190 g/mol. The predicted octanol–water partition coefficient (Wildman–Crippen LogP) is 1.47. The Morgan fingerprint density at radius 1 is 1.43 bits per heavy atom. The minimum absolute atomic E-state index is 0.312. The highest BCUT2D eigenvalue weighted by molar-refractivity contribution is 6.01. The first-order valence-corrected chi connectivity index (χ1v) is 4.90. The van der Waals surface area contributed by atoms with Crippen LogP contribution in [0.15, 0.2) is 29.3 Å². The molecule has 0 aliphatic carbocycles. The number of nitrogens with zero attached hydrogens (tertiary/aromatic N) is 2. The number of phenolic OH excluding ortho intramolecular Hbond substituents is 1. The third-order valence-electron chi connectivity index (χ3n) is 2.46. The van der Waals surface area contributed by atoms with Crippen molar-refractivity contribution >= 4 is 5.84 Å². The van der Waals surface area contributed by atoms with Crippen molar-refractivity contribution in [1.82, 2.24) is 4.90 Å². The molecule has 0 saturated heterocycles. The van der Waals surface area contributed by atoms with E-state index in [2.05, 4.69) is 16.8 Å². The molecule has 1 aliphatic heterocycles. The molecule has 1 heterocycles. The van der Waals surface area contributed by atoms with Crippen molar-refractivity contribution < 1.29 is 5.11 Å². The monoisotopic (exact) mass is 190 g/mol. The van der Waals surface area contributed by atoms with Crippen molar-refractivity contribution in [3.63, 3.8) is 0 Å². The molecule has 0 aromatic heterocycles. The summed E-state index contributed by atoms with van der Waals surface area (Å²) < 4.78 is 0. The van der Waals surface area contributed by atoms with E-state index >= 15 is 0 Å². The van der Waals surface area contributed by atoms with E-state index in [4.69, 9.17) is 0 Å². The van der Waals surface area contributed by atoms with Gasteiger partial charge in [-0.05, 0) is 19.1 Å². The van der Waals surface area contributed by atoms with Crippen molar-refractivity contribution in [3.8, 4) is 5.75 Å². The lowest BCUT2D eigenvalue weighted by Crippen LogP contribution is -2.27. The zero-order chi connectivity index (χ0) is 9.97. The summed E-state index contributed by atoms with van der Waals surface area (Å²) in [5, 5.41) is 9.68. The number of para-hydroxylation sites is 1. The highest BCUT2D eigenvalue weighted by Gasteiger charge is 2.18. The molecule has 14 heavy (non-hydrogen) atoms. The van der Waals surface area contributed by atoms with Crippen LogP contribution in [0.1, 0.15) is 12.5 Å². The smallest absolute Gasteiger partial charge is 0.134 e. The van der Waals surface area contributed by atoms with E-state index in [9.17, 15) is 5.11 Å². The molecule has 1 N–H and O–H groups in total. The van der Waals surface area contributed by atoms with Crippen LogP contribution in [0, 0.1) is 0 Å². The Balaban J connectivity index is 2.35. The molecule has 1 aromatic rings. The fourth-order valence-corrected chi connectivity index (χ4v) is 1.71. The van der Waals surface area contributed by atoms with Gasteiger partial charge in [-0.3, -0.25) is 4.99 Å². The number of likely N-dealkylation sites (N-methyl/N-ethyl adjacent to an activating group) is 1. The molecule has 0 fully saturated rings. The van der Waals surface area contributed by atoms with Crippen LogP contribution >= 0.6 is 0 Å². The fourth-order valence-electron chi connectivity index (χ4n) is 1.71. The van der Waals surface area contributed by atoms with Gasteiger partial charge in [-0.1, -0.05) is 12.1 Å². The minimum atomic E-state index is 0.312. The summed E-state index contributed by atoms with van der Waals surface area (Å²) in [5.41, 5.74) is 0.840. The van der Waals surface area contributed by atoms with Gasteiger partial charge < -0.3 is 10.0 Å². The Bertz CT molecular complexity index is 360. The topological polar surface area (TPSA) is 35.8 Å². The van der Waals surface area contributed by atoms with Crippen molar-refractivity contribution in [2.75, 3.05) is 19.6 Å². The molecule has 0 amide bonds. The molecule has 0 atom stereocenters. The summed E-state index contributed by atoms with van der Waals surface area (Å²) in [7, 11) is 0. The average Bonchev–Trinajstić information content (AvgIpc) is 2.66. The summed E-state index contributed by atoms with van der Waals surface area (Å²) >= 11 is 0. The molecule has 74 valence electrons. The van der Waals surface area contributed by atoms with E-state index in [1.54, 1.807) is 6.07 Å².